The molecule has 5 rings (SSSR count). The highest BCUT2D eigenvalue weighted by Crippen LogP contribution is 2.27. The molecule has 2 aromatic carbocycles. The predicted octanol–water partition coefficient (Wildman–Crippen LogP) is 5.19. The van der Waals surface area contributed by atoms with Crippen LogP contribution in [-0.2, 0) is 11.3 Å². The molecule has 4 aromatic rings. The summed E-state index contributed by atoms with van der Waals surface area (Å²) < 4.78 is 5.40. The van der Waals surface area contributed by atoms with E-state index in [0.717, 1.165) is 36.5 Å². The van der Waals surface area contributed by atoms with Crippen molar-refractivity contribution in [3.8, 4) is 11.5 Å². The van der Waals surface area contributed by atoms with E-state index in [4.69, 9.17) is 4.42 Å². The summed E-state index contributed by atoms with van der Waals surface area (Å²) in [4.78, 5) is 17.8. The summed E-state index contributed by atoms with van der Waals surface area (Å²) in [5.74, 6) is 1.53. The molecule has 0 bridgehead atoms. The Balaban J connectivity index is 1.34. The molecule has 1 amide bonds. The van der Waals surface area contributed by atoms with Crippen molar-refractivity contribution in [2.24, 2.45) is 5.92 Å². The molecule has 1 unspecified atom stereocenters. The summed E-state index contributed by atoms with van der Waals surface area (Å²) in [7, 11) is 0. The summed E-state index contributed by atoms with van der Waals surface area (Å²) in [6.45, 7) is 2.05. The van der Waals surface area contributed by atoms with Crippen molar-refractivity contribution in [3.05, 3.63) is 96.8 Å². The summed E-state index contributed by atoms with van der Waals surface area (Å²) in [5, 5.41) is 8.74. The topological polar surface area (TPSA) is 62.5 Å². The molecule has 1 aliphatic heterocycles. The number of para-hydroxylation sites is 1. The molecule has 2 aromatic heterocycles. The van der Waals surface area contributed by atoms with Crippen LogP contribution >= 0.6 is 0 Å². The van der Waals surface area contributed by atoms with E-state index in [-0.39, 0.29) is 11.8 Å². The minimum atomic E-state index is -0.103. The average molecular weight is 439 g/mol. The molecule has 0 radical (unpaired) electrons. The van der Waals surface area contributed by atoms with Gasteiger partial charge >= 0.3 is 0 Å². The molecule has 3 heterocycles. The van der Waals surface area contributed by atoms with Gasteiger partial charge in [-0.15, -0.1) is 10.2 Å². The molecule has 0 aliphatic carbocycles. The maximum absolute atomic E-state index is 13.7. The van der Waals surface area contributed by atoms with Crippen LogP contribution in [0.4, 0.5) is 11.5 Å². The lowest BCUT2D eigenvalue weighted by molar-refractivity contribution is -0.122. The normalized spacial score (nSPS) is 15.9. The monoisotopic (exact) mass is 438 g/mol. The van der Waals surface area contributed by atoms with Crippen LogP contribution in [-0.4, -0.2) is 29.2 Å². The van der Waals surface area contributed by atoms with Gasteiger partial charge in [0.15, 0.2) is 11.6 Å². The fourth-order valence-electron chi connectivity index (χ4n) is 4.33. The van der Waals surface area contributed by atoms with Crippen LogP contribution in [0.2, 0.25) is 0 Å². The van der Waals surface area contributed by atoms with Gasteiger partial charge in [0.2, 0.25) is 5.91 Å². The van der Waals surface area contributed by atoms with Crippen molar-refractivity contribution in [2.45, 2.75) is 19.4 Å². The Kier molecular flexibility index (Phi) is 6.15. The lowest BCUT2D eigenvalue weighted by Gasteiger charge is -2.35. The van der Waals surface area contributed by atoms with Crippen LogP contribution in [0.5, 0.6) is 0 Å². The number of benzene rings is 2. The molecule has 0 N–H and O–H groups in total. The van der Waals surface area contributed by atoms with E-state index in [1.54, 1.807) is 6.26 Å². The number of piperidine rings is 1. The summed E-state index contributed by atoms with van der Waals surface area (Å²) in [6, 6.07) is 27.6. The highest BCUT2D eigenvalue weighted by molar-refractivity contribution is 5.95. The van der Waals surface area contributed by atoms with E-state index in [0.29, 0.717) is 24.5 Å². The van der Waals surface area contributed by atoms with Gasteiger partial charge in [-0.05, 0) is 54.8 Å². The zero-order valence-corrected chi connectivity index (χ0v) is 18.4. The summed E-state index contributed by atoms with van der Waals surface area (Å²) in [5.41, 5.74) is 2.74. The molecule has 0 spiro atoms. The molecule has 1 saturated heterocycles. The fourth-order valence-corrected chi connectivity index (χ4v) is 4.33. The van der Waals surface area contributed by atoms with Crippen LogP contribution in [0.25, 0.3) is 11.5 Å². The molecule has 6 nitrogen and oxygen atoms in total. The van der Waals surface area contributed by atoms with Gasteiger partial charge in [0.25, 0.3) is 0 Å². The van der Waals surface area contributed by atoms with Gasteiger partial charge in [0.1, 0.15) is 5.69 Å². The van der Waals surface area contributed by atoms with E-state index in [1.807, 2.05) is 77.7 Å². The van der Waals surface area contributed by atoms with Crippen LogP contribution in [0, 0.1) is 5.92 Å². The standard InChI is InChI=1S/C27H26N4O2/c32-27(31(23-12-5-2-6-13-23)19-21-9-3-1-4-10-21)22-11-7-17-30(20-22)26-16-15-24(28-29-26)25-14-8-18-33-25/h1-6,8-10,12-16,18,22H,7,11,17,19-20H2. The first kappa shape index (κ1) is 20.9. The van der Waals surface area contributed by atoms with Gasteiger partial charge in [-0.1, -0.05) is 48.5 Å². The van der Waals surface area contributed by atoms with Crippen LogP contribution < -0.4 is 9.80 Å². The van der Waals surface area contributed by atoms with Crippen molar-refractivity contribution in [1.29, 1.82) is 0 Å². The molecule has 166 valence electrons. The van der Waals surface area contributed by atoms with Crippen molar-refractivity contribution in [2.75, 3.05) is 22.9 Å². The predicted molar refractivity (Wildman–Crippen MR) is 129 cm³/mol. The number of nitrogens with zero attached hydrogens (tertiary/aromatic N) is 4. The molecule has 1 aliphatic rings. The van der Waals surface area contributed by atoms with Crippen molar-refractivity contribution < 1.29 is 9.21 Å². The van der Waals surface area contributed by atoms with E-state index in [1.165, 1.54) is 0 Å². The Labute approximate surface area is 193 Å². The number of hydrogen-bond donors (Lipinski definition) is 0. The van der Waals surface area contributed by atoms with Gasteiger partial charge < -0.3 is 14.2 Å². The van der Waals surface area contributed by atoms with Gasteiger partial charge in [-0.3, -0.25) is 4.79 Å². The SMILES string of the molecule is O=C(C1CCCN(c2ccc(-c3ccco3)nn2)C1)N(Cc1ccccc1)c1ccccc1. The van der Waals surface area contributed by atoms with E-state index >= 15 is 0 Å². The van der Waals surface area contributed by atoms with Crippen molar-refractivity contribution in [1.82, 2.24) is 10.2 Å². The van der Waals surface area contributed by atoms with E-state index < -0.39 is 0 Å². The Morgan fingerprint density at radius 1 is 0.939 bits per heavy atom. The molecule has 6 heteroatoms. The number of aromatic nitrogens is 2. The maximum atomic E-state index is 13.7. The lowest BCUT2D eigenvalue weighted by atomic mass is 9.95. The number of anilines is 2. The second kappa shape index (κ2) is 9.69. The largest absolute Gasteiger partial charge is 0.463 e. The van der Waals surface area contributed by atoms with Gasteiger partial charge in [-0.2, -0.15) is 0 Å². The third-order valence-electron chi connectivity index (χ3n) is 6.04. The van der Waals surface area contributed by atoms with Crippen LogP contribution in [0.3, 0.4) is 0 Å². The minimum absolute atomic E-state index is 0.103. The Morgan fingerprint density at radius 3 is 2.42 bits per heavy atom. The Morgan fingerprint density at radius 2 is 1.73 bits per heavy atom. The first-order valence-electron chi connectivity index (χ1n) is 11.3. The lowest BCUT2D eigenvalue weighted by Crippen LogP contribution is -2.45. The first-order chi connectivity index (χ1) is 16.3. The van der Waals surface area contributed by atoms with Crippen molar-refractivity contribution >= 4 is 17.4 Å². The van der Waals surface area contributed by atoms with E-state index in [9.17, 15) is 4.79 Å². The molecule has 33 heavy (non-hydrogen) atoms. The Bertz CT molecular complexity index is 1160. The van der Waals surface area contributed by atoms with Gasteiger partial charge in [0.05, 0.1) is 18.7 Å². The number of furan rings is 1. The zero-order chi connectivity index (χ0) is 22.5. The number of carbonyl (C=O) groups excluding carboxylic acids is 1. The molecular weight excluding hydrogens is 412 g/mol. The molecular formula is C27H26N4O2. The number of amides is 1. The average Bonchev–Trinajstić information content (AvgIpc) is 3.43. The maximum Gasteiger partial charge on any atom is 0.232 e. The zero-order valence-electron chi connectivity index (χ0n) is 18.4. The van der Waals surface area contributed by atoms with Gasteiger partial charge in [-0.25, -0.2) is 0 Å². The summed E-state index contributed by atoms with van der Waals surface area (Å²) >= 11 is 0. The fraction of sp³-hybridized carbons (Fsp3) is 0.222. The summed E-state index contributed by atoms with van der Waals surface area (Å²) in [6.07, 6.45) is 3.43. The van der Waals surface area contributed by atoms with Crippen molar-refractivity contribution in [3.63, 3.8) is 0 Å². The van der Waals surface area contributed by atoms with E-state index in [2.05, 4.69) is 27.2 Å². The van der Waals surface area contributed by atoms with Crippen LogP contribution in [0.15, 0.2) is 95.6 Å². The van der Waals surface area contributed by atoms with Crippen LogP contribution in [0.1, 0.15) is 18.4 Å². The first-order valence-corrected chi connectivity index (χ1v) is 11.3. The highest BCUT2D eigenvalue weighted by Gasteiger charge is 2.31. The molecule has 0 saturated carbocycles. The second-order valence-corrected chi connectivity index (χ2v) is 8.28. The molecule has 1 atom stereocenters. The second-order valence-electron chi connectivity index (χ2n) is 8.28. The number of hydrogen-bond acceptors (Lipinski definition) is 5. The van der Waals surface area contributed by atoms with Gasteiger partial charge in [0, 0.05) is 18.8 Å². The Hall–Kier alpha value is -3.93. The highest BCUT2D eigenvalue weighted by atomic mass is 16.3. The quantitative estimate of drug-likeness (QED) is 0.415. The smallest absolute Gasteiger partial charge is 0.232 e. The minimum Gasteiger partial charge on any atom is -0.463 e. The third-order valence-corrected chi connectivity index (χ3v) is 6.04. The molecule has 1 fully saturated rings. The number of carbonyl (C=O) groups is 1. The third kappa shape index (κ3) is 4.80. The number of rotatable bonds is 6.